The predicted molar refractivity (Wildman–Crippen MR) is 85.1 cm³/mol. The lowest BCUT2D eigenvalue weighted by Crippen LogP contribution is -2.24. The summed E-state index contributed by atoms with van der Waals surface area (Å²) in [4.78, 5) is 21.0. The maximum absolute atomic E-state index is 12.3. The number of rotatable bonds is 3. The fraction of sp³-hybridized carbons (Fsp3) is 0.312. The van der Waals surface area contributed by atoms with Gasteiger partial charge < -0.3 is 5.32 Å². The number of nitrogens with one attached hydrogen (secondary N) is 1. The molecule has 3 aromatic rings. The van der Waals surface area contributed by atoms with Crippen molar-refractivity contribution in [1.29, 1.82) is 0 Å². The van der Waals surface area contributed by atoms with Gasteiger partial charge in [-0.05, 0) is 39.8 Å². The Labute approximate surface area is 133 Å². The van der Waals surface area contributed by atoms with Gasteiger partial charge in [-0.1, -0.05) is 0 Å². The molecule has 0 saturated heterocycles. The van der Waals surface area contributed by atoms with E-state index in [2.05, 4.69) is 25.5 Å². The van der Waals surface area contributed by atoms with E-state index in [1.165, 1.54) is 0 Å². The highest BCUT2D eigenvalue weighted by atomic mass is 16.1. The van der Waals surface area contributed by atoms with Crippen LogP contribution in [0.4, 0.5) is 0 Å². The molecule has 118 valence electrons. The number of amides is 1. The van der Waals surface area contributed by atoms with Crippen LogP contribution in [-0.4, -0.2) is 30.5 Å². The van der Waals surface area contributed by atoms with Gasteiger partial charge in [0.05, 0.1) is 0 Å². The number of pyridine rings is 1. The molecule has 0 spiro atoms. The van der Waals surface area contributed by atoms with E-state index in [0.717, 1.165) is 28.6 Å². The molecule has 3 heterocycles. The Hall–Kier alpha value is -2.83. The summed E-state index contributed by atoms with van der Waals surface area (Å²) in [5.41, 5.74) is 3.93. The fourth-order valence-corrected chi connectivity index (χ4v) is 2.59. The highest BCUT2D eigenvalue weighted by Crippen LogP contribution is 2.11. The average molecular weight is 310 g/mol. The molecular formula is C16H18N6O. The summed E-state index contributed by atoms with van der Waals surface area (Å²) in [6, 6.07) is 3.48. The Bertz CT molecular complexity index is 876. The van der Waals surface area contributed by atoms with Crippen molar-refractivity contribution in [1.82, 2.24) is 29.9 Å². The van der Waals surface area contributed by atoms with Crippen LogP contribution in [-0.2, 0) is 6.54 Å². The summed E-state index contributed by atoms with van der Waals surface area (Å²) in [5, 5.41) is 10.9. The molecule has 23 heavy (non-hydrogen) atoms. The molecule has 0 atom stereocenters. The lowest BCUT2D eigenvalue weighted by Gasteiger charge is -2.11. The summed E-state index contributed by atoms with van der Waals surface area (Å²) >= 11 is 0. The van der Waals surface area contributed by atoms with E-state index in [1.54, 1.807) is 18.3 Å². The molecule has 7 heteroatoms. The largest absolute Gasteiger partial charge is 0.348 e. The SMILES string of the molecule is Cc1nc(C)c(CNC(=O)c2ccn3c(C)nnc3c2)c(C)n1. The fourth-order valence-electron chi connectivity index (χ4n) is 2.59. The minimum absolute atomic E-state index is 0.160. The predicted octanol–water partition coefficient (Wildman–Crippen LogP) is 1.68. The van der Waals surface area contributed by atoms with Gasteiger partial charge in [-0.3, -0.25) is 9.20 Å². The second-order valence-electron chi connectivity index (χ2n) is 5.49. The van der Waals surface area contributed by atoms with Crippen LogP contribution in [0.1, 0.15) is 39.0 Å². The van der Waals surface area contributed by atoms with Gasteiger partial charge in [-0.2, -0.15) is 0 Å². The van der Waals surface area contributed by atoms with Gasteiger partial charge in [0.2, 0.25) is 0 Å². The lowest BCUT2D eigenvalue weighted by molar-refractivity contribution is 0.0950. The van der Waals surface area contributed by atoms with Crippen LogP contribution in [0.25, 0.3) is 5.65 Å². The van der Waals surface area contributed by atoms with E-state index in [-0.39, 0.29) is 5.91 Å². The van der Waals surface area contributed by atoms with Crippen LogP contribution < -0.4 is 5.32 Å². The molecule has 0 fully saturated rings. The quantitative estimate of drug-likeness (QED) is 0.795. The first-order valence-electron chi connectivity index (χ1n) is 7.36. The van der Waals surface area contributed by atoms with E-state index in [9.17, 15) is 4.79 Å². The zero-order chi connectivity index (χ0) is 16.6. The third-order valence-electron chi connectivity index (χ3n) is 3.80. The number of aromatic nitrogens is 5. The number of carbonyl (C=O) groups excluding carboxylic acids is 1. The first kappa shape index (κ1) is 15.1. The van der Waals surface area contributed by atoms with Gasteiger partial charge >= 0.3 is 0 Å². The molecule has 1 N–H and O–H groups in total. The van der Waals surface area contributed by atoms with Gasteiger partial charge in [0.1, 0.15) is 11.6 Å². The molecular weight excluding hydrogens is 292 g/mol. The Morgan fingerprint density at radius 1 is 1.13 bits per heavy atom. The zero-order valence-corrected chi connectivity index (χ0v) is 13.6. The standard InChI is InChI=1S/C16H18N6O/c1-9-14(10(2)19-11(3)18-9)8-17-16(23)13-5-6-22-12(4)20-21-15(22)7-13/h5-7H,8H2,1-4H3,(H,17,23). The molecule has 0 aliphatic carbocycles. The molecule has 1 amide bonds. The summed E-state index contributed by atoms with van der Waals surface area (Å²) in [5.74, 6) is 1.37. The maximum Gasteiger partial charge on any atom is 0.251 e. The molecule has 0 aliphatic rings. The van der Waals surface area contributed by atoms with E-state index < -0.39 is 0 Å². The van der Waals surface area contributed by atoms with Gasteiger partial charge in [-0.15, -0.1) is 10.2 Å². The number of nitrogens with zero attached hydrogens (tertiary/aromatic N) is 5. The summed E-state index contributed by atoms with van der Waals surface area (Å²) in [6.45, 7) is 7.97. The van der Waals surface area contributed by atoms with E-state index in [0.29, 0.717) is 17.8 Å². The Balaban J connectivity index is 1.78. The molecule has 0 unspecified atom stereocenters. The van der Waals surface area contributed by atoms with Crippen LogP contribution in [0.15, 0.2) is 18.3 Å². The third-order valence-corrected chi connectivity index (χ3v) is 3.80. The van der Waals surface area contributed by atoms with Crippen LogP contribution in [0.3, 0.4) is 0 Å². The molecule has 3 aromatic heterocycles. The first-order chi connectivity index (χ1) is 11.0. The Morgan fingerprint density at radius 3 is 2.52 bits per heavy atom. The minimum Gasteiger partial charge on any atom is -0.348 e. The zero-order valence-electron chi connectivity index (χ0n) is 13.6. The normalized spacial score (nSPS) is 11.0. The lowest BCUT2D eigenvalue weighted by atomic mass is 10.1. The van der Waals surface area contributed by atoms with E-state index in [1.807, 2.05) is 32.1 Å². The highest BCUT2D eigenvalue weighted by Gasteiger charge is 2.11. The monoisotopic (exact) mass is 310 g/mol. The van der Waals surface area contributed by atoms with Crippen molar-refractivity contribution < 1.29 is 4.79 Å². The molecule has 0 aromatic carbocycles. The van der Waals surface area contributed by atoms with Crippen molar-refractivity contribution in [2.75, 3.05) is 0 Å². The van der Waals surface area contributed by atoms with Crippen molar-refractivity contribution in [3.05, 3.63) is 52.5 Å². The third kappa shape index (κ3) is 2.90. The Morgan fingerprint density at radius 2 is 1.83 bits per heavy atom. The maximum atomic E-state index is 12.3. The summed E-state index contributed by atoms with van der Waals surface area (Å²) in [6.07, 6.45) is 1.80. The van der Waals surface area contributed by atoms with Crippen LogP contribution in [0.5, 0.6) is 0 Å². The van der Waals surface area contributed by atoms with Crippen molar-refractivity contribution in [2.24, 2.45) is 0 Å². The molecule has 0 saturated carbocycles. The average Bonchev–Trinajstić information content (AvgIpc) is 2.87. The minimum atomic E-state index is -0.160. The smallest absolute Gasteiger partial charge is 0.251 e. The second-order valence-corrected chi connectivity index (χ2v) is 5.49. The molecule has 3 rings (SSSR count). The van der Waals surface area contributed by atoms with Gasteiger partial charge in [0.25, 0.3) is 5.91 Å². The van der Waals surface area contributed by atoms with Gasteiger partial charge in [0, 0.05) is 35.3 Å². The number of fused-ring (bicyclic) bond motifs is 1. The van der Waals surface area contributed by atoms with Crippen molar-refractivity contribution in [3.8, 4) is 0 Å². The number of carbonyl (C=O) groups is 1. The Kier molecular flexibility index (Phi) is 3.77. The first-order valence-corrected chi connectivity index (χ1v) is 7.36. The van der Waals surface area contributed by atoms with E-state index in [4.69, 9.17) is 0 Å². The summed E-state index contributed by atoms with van der Waals surface area (Å²) < 4.78 is 1.83. The molecule has 0 radical (unpaired) electrons. The van der Waals surface area contributed by atoms with Crippen molar-refractivity contribution in [3.63, 3.8) is 0 Å². The second kappa shape index (κ2) is 5.75. The van der Waals surface area contributed by atoms with Crippen molar-refractivity contribution >= 4 is 11.6 Å². The highest BCUT2D eigenvalue weighted by molar-refractivity contribution is 5.95. The van der Waals surface area contributed by atoms with Crippen LogP contribution >= 0.6 is 0 Å². The molecule has 7 nitrogen and oxygen atoms in total. The van der Waals surface area contributed by atoms with Gasteiger partial charge in [-0.25, -0.2) is 9.97 Å². The molecule has 0 aliphatic heterocycles. The summed E-state index contributed by atoms with van der Waals surface area (Å²) in [7, 11) is 0. The number of aryl methyl sites for hydroxylation is 4. The number of hydrogen-bond donors (Lipinski definition) is 1. The van der Waals surface area contributed by atoms with Crippen LogP contribution in [0.2, 0.25) is 0 Å². The topological polar surface area (TPSA) is 85.1 Å². The number of hydrogen-bond acceptors (Lipinski definition) is 5. The molecule has 0 bridgehead atoms. The van der Waals surface area contributed by atoms with Crippen LogP contribution in [0, 0.1) is 27.7 Å². The van der Waals surface area contributed by atoms with Crippen molar-refractivity contribution in [2.45, 2.75) is 34.2 Å². The van der Waals surface area contributed by atoms with Gasteiger partial charge in [0.15, 0.2) is 5.65 Å². The van der Waals surface area contributed by atoms with E-state index >= 15 is 0 Å².